The molecule has 0 saturated carbocycles. The van der Waals surface area contributed by atoms with Gasteiger partial charge >= 0.3 is 0 Å². The summed E-state index contributed by atoms with van der Waals surface area (Å²) >= 11 is 9.43. The van der Waals surface area contributed by atoms with E-state index < -0.39 is 0 Å². The molecule has 6 heteroatoms. The summed E-state index contributed by atoms with van der Waals surface area (Å²) in [4.78, 5) is 0. The van der Waals surface area contributed by atoms with Crippen molar-refractivity contribution in [2.45, 2.75) is 0 Å². The SMILES string of the molecule is COc1cccc(OC)c1OCCOc1ccc(Br)cc1Cl. The summed E-state index contributed by atoms with van der Waals surface area (Å²) in [6, 6.07) is 10.9. The van der Waals surface area contributed by atoms with Crippen molar-refractivity contribution in [3.8, 4) is 23.0 Å². The minimum absolute atomic E-state index is 0.336. The van der Waals surface area contributed by atoms with Crippen LogP contribution in [0.2, 0.25) is 5.02 Å². The van der Waals surface area contributed by atoms with Crippen LogP contribution in [0, 0.1) is 0 Å². The van der Waals surface area contributed by atoms with Crippen LogP contribution in [-0.2, 0) is 0 Å². The Balaban J connectivity index is 1.94. The predicted molar refractivity (Wildman–Crippen MR) is 89.7 cm³/mol. The summed E-state index contributed by atoms with van der Waals surface area (Å²) in [5.74, 6) is 2.39. The van der Waals surface area contributed by atoms with Gasteiger partial charge in [0, 0.05) is 4.47 Å². The molecule has 0 saturated heterocycles. The molecule has 0 aliphatic rings. The van der Waals surface area contributed by atoms with Gasteiger partial charge in [-0.2, -0.15) is 0 Å². The molecule has 0 aliphatic carbocycles. The Labute approximate surface area is 143 Å². The molecule has 0 N–H and O–H groups in total. The fourth-order valence-electron chi connectivity index (χ4n) is 1.85. The van der Waals surface area contributed by atoms with Crippen LogP contribution >= 0.6 is 27.5 Å². The van der Waals surface area contributed by atoms with Crippen molar-refractivity contribution in [2.75, 3.05) is 27.4 Å². The first-order chi connectivity index (χ1) is 10.7. The first kappa shape index (κ1) is 16.8. The lowest BCUT2D eigenvalue weighted by Gasteiger charge is -2.14. The lowest BCUT2D eigenvalue weighted by Crippen LogP contribution is -2.10. The number of benzene rings is 2. The van der Waals surface area contributed by atoms with Gasteiger partial charge in [0.2, 0.25) is 5.75 Å². The number of hydrogen-bond donors (Lipinski definition) is 0. The zero-order chi connectivity index (χ0) is 15.9. The van der Waals surface area contributed by atoms with E-state index in [-0.39, 0.29) is 0 Å². The van der Waals surface area contributed by atoms with Gasteiger partial charge in [-0.1, -0.05) is 33.6 Å². The van der Waals surface area contributed by atoms with Gasteiger partial charge in [0.15, 0.2) is 11.5 Å². The molecule has 2 rings (SSSR count). The second-order valence-electron chi connectivity index (χ2n) is 4.26. The Morgan fingerprint density at radius 2 is 1.55 bits per heavy atom. The molecule has 4 nitrogen and oxygen atoms in total. The van der Waals surface area contributed by atoms with Crippen molar-refractivity contribution in [3.63, 3.8) is 0 Å². The van der Waals surface area contributed by atoms with E-state index in [0.29, 0.717) is 41.2 Å². The Morgan fingerprint density at radius 1 is 0.909 bits per heavy atom. The number of para-hydroxylation sites is 1. The van der Waals surface area contributed by atoms with Crippen molar-refractivity contribution in [3.05, 3.63) is 45.9 Å². The number of methoxy groups -OCH3 is 2. The minimum atomic E-state index is 0.336. The van der Waals surface area contributed by atoms with Gasteiger partial charge in [-0.05, 0) is 30.3 Å². The van der Waals surface area contributed by atoms with Crippen LogP contribution in [0.15, 0.2) is 40.9 Å². The third-order valence-electron chi connectivity index (χ3n) is 2.86. The van der Waals surface area contributed by atoms with E-state index in [1.165, 1.54) is 0 Å². The van der Waals surface area contributed by atoms with Crippen LogP contribution in [0.25, 0.3) is 0 Å². The third-order valence-corrected chi connectivity index (χ3v) is 3.65. The molecule has 0 aromatic heterocycles. The molecule has 2 aromatic carbocycles. The van der Waals surface area contributed by atoms with Crippen LogP contribution in [0.3, 0.4) is 0 Å². The lowest BCUT2D eigenvalue weighted by atomic mass is 10.3. The van der Waals surface area contributed by atoms with Crippen molar-refractivity contribution < 1.29 is 18.9 Å². The maximum atomic E-state index is 6.08. The predicted octanol–water partition coefficient (Wildman–Crippen LogP) is 4.58. The normalized spacial score (nSPS) is 10.2. The Kier molecular flexibility index (Phi) is 6.21. The van der Waals surface area contributed by atoms with Crippen LogP contribution < -0.4 is 18.9 Å². The van der Waals surface area contributed by atoms with E-state index in [1.54, 1.807) is 26.4 Å². The molecule has 0 amide bonds. The number of hydrogen-bond acceptors (Lipinski definition) is 4. The zero-order valence-electron chi connectivity index (χ0n) is 12.3. The number of halogens is 2. The molecule has 0 heterocycles. The smallest absolute Gasteiger partial charge is 0.203 e. The molecular formula is C16H16BrClO4. The minimum Gasteiger partial charge on any atom is -0.493 e. The molecule has 118 valence electrons. The van der Waals surface area contributed by atoms with Gasteiger partial charge in [0.25, 0.3) is 0 Å². The third kappa shape index (κ3) is 4.21. The Bertz CT molecular complexity index is 611. The van der Waals surface area contributed by atoms with E-state index in [1.807, 2.05) is 24.3 Å². The monoisotopic (exact) mass is 386 g/mol. The summed E-state index contributed by atoms with van der Waals surface area (Å²) < 4.78 is 22.7. The van der Waals surface area contributed by atoms with Gasteiger partial charge in [0.1, 0.15) is 19.0 Å². The van der Waals surface area contributed by atoms with Gasteiger partial charge in [-0.25, -0.2) is 0 Å². The maximum Gasteiger partial charge on any atom is 0.203 e. The highest BCUT2D eigenvalue weighted by Crippen LogP contribution is 2.36. The largest absolute Gasteiger partial charge is 0.493 e. The second-order valence-corrected chi connectivity index (χ2v) is 5.59. The summed E-state index contributed by atoms with van der Waals surface area (Å²) in [6.07, 6.45) is 0. The van der Waals surface area contributed by atoms with Crippen LogP contribution in [0.5, 0.6) is 23.0 Å². The highest BCUT2D eigenvalue weighted by Gasteiger charge is 2.11. The molecule has 0 fully saturated rings. The molecule has 2 aromatic rings. The highest BCUT2D eigenvalue weighted by atomic mass is 79.9. The van der Waals surface area contributed by atoms with Crippen molar-refractivity contribution in [1.82, 2.24) is 0 Å². The molecular weight excluding hydrogens is 372 g/mol. The topological polar surface area (TPSA) is 36.9 Å². The average molecular weight is 388 g/mol. The number of ether oxygens (including phenoxy) is 4. The summed E-state index contributed by atoms with van der Waals surface area (Å²) in [5, 5.41) is 0.546. The maximum absolute atomic E-state index is 6.08. The van der Waals surface area contributed by atoms with Gasteiger partial charge < -0.3 is 18.9 Å². The molecule has 0 aliphatic heterocycles. The van der Waals surface area contributed by atoms with Crippen LogP contribution in [0.4, 0.5) is 0 Å². The molecule has 22 heavy (non-hydrogen) atoms. The van der Waals surface area contributed by atoms with E-state index in [9.17, 15) is 0 Å². The van der Waals surface area contributed by atoms with Crippen molar-refractivity contribution in [1.29, 1.82) is 0 Å². The van der Waals surface area contributed by atoms with Crippen LogP contribution in [-0.4, -0.2) is 27.4 Å². The highest BCUT2D eigenvalue weighted by molar-refractivity contribution is 9.10. The summed E-state index contributed by atoms with van der Waals surface area (Å²) in [6.45, 7) is 0.686. The summed E-state index contributed by atoms with van der Waals surface area (Å²) in [7, 11) is 3.17. The number of rotatable bonds is 7. The van der Waals surface area contributed by atoms with E-state index in [4.69, 9.17) is 30.5 Å². The van der Waals surface area contributed by atoms with E-state index >= 15 is 0 Å². The fourth-order valence-corrected chi connectivity index (χ4v) is 2.58. The molecule has 0 atom stereocenters. The molecule has 0 bridgehead atoms. The second kappa shape index (κ2) is 8.15. The van der Waals surface area contributed by atoms with E-state index in [2.05, 4.69) is 15.9 Å². The van der Waals surface area contributed by atoms with Crippen molar-refractivity contribution >= 4 is 27.5 Å². The zero-order valence-corrected chi connectivity index (χ0v) is 14.6. The van der Waals surface area contributed by atoms with Gasteiger partial charge in [-0.3, -0.25) is 0 Å². The molecule has 0 unspecified atom stereocenters. The van der Waals surface area contributed by atoms with Crippen LogP contribution in [0.1, 0.15) is 0 Å². The molecule has 0 spiro atoms. The van der Waals surface area contributed by atoms with Crippen molar-refractivity contribution in [2.24, 2.45) is 0 Å². The molecule has 0 radical (unpaired) electrons. The van der Waals surface area contributed by atoms with Gasteiger partial charge in [-0.15, -0.1) is 0 Å². The Hall–Kier alpha value is -1.59. The average Bonchev–Trinajstić information content (AvgIpc) is 2.53. The first-order valence-electron chi connectivity index (χ1n) is 6.57. The standard InChI is InChI=1S/C16H16BrClO4/c1-19-14-4-3-5-15(20-2)16(14)22-9-8-21-13-7-6-11(17)10-12(13)18/h3-7,10H,8-9H2,1-2H3. The quantitative estimate of drug-likeness (QED) is 0.652. The van der Waals surface area contributed by atoms with Gasteiger partial charge in [0.05, 0.1) is 19.2 Å². The summed E-state index contributed by atoms with van der Waals surface area (Å²) in [5.41, 5.74) is 0. The first-order valence-corrected chi connectivity index (χ1v) is 7.74. The van der Waals surface area contributed by atoms with E-state index in [0.717, 1.165) is 4.47 Å². The Morgan fingerprint density at radius 3 is 2.14 bits per heavy atom. The lowest BCUT2D eigenvalue weighted by molar-refractivity contribution is 0.205. The fraction of sp³-hybridized carbons (Fsp3) is 0.250.